The van der Waals surface area contributed by atoms with Crippen molar-refractivity contribution in [3.05, 3.63) is 11.9 Å². The molecule has 112 valence electrons. The van der Waals surface area contributed by atoms with Crippen molar-refractivity contribution in [1.29, 1.82) is 0 Å². The van der Waals surface area contributed by atoms with Crippen LogP contribution in [0.4, 0.5) is 11.6 Å². The van der Waals surface area contributed by atoms with Crippen molar-refractivity contribution < 1.29 is 0 Å². The highest BCUT2D eigenvalue weighted by Gasteiger charge is 2.13. The van der Waals surface area contributed by atoms with Crippen molar-refractivity contribution >= 4 is 11.6 Å². The van der Waals surface area contributed by atoms with E-state index >= 15 is 0 Å². The van der Waals surface area contributed by atoms with Gasteiger partial charge in [0.1, 0.15) is 17.5 Å². The monoisotopic (exact) mass is 277 g/mol. The lowest BCUT2D eigenvalue weighted by atomic mass is 10.4. The van der Waals surface area contributed by atoms with E-state index in [-0.39, 0.29) is 0 Å². The molecule has 0 spiro atoms. The maximum Gasteiger partial charge on any atom is 0.134 e. The van der Waals surface area contributed by atoms with E-state index in [4.69, 9.17) is 0 Å². The lowest BCUT2D eigenvalue weighted by Crippen LogP contribution is -2.32. The van der Waals surface area contributed by atoms with E-state index in [9.17, 15) is 0 Å². The zero-order valence-corrected chi connectivity index (χ0v) is 13.0. The third kappa shape index (κ3) is 4.34. The molecule has 1 aliphatic rings. The Kier molecular flexibility index (Phi) is 5.59. The first-order valence-electron chi connectivity index (χ1n) is 7.72. The Morgan fingerprint density at radius 2 is 2.05 bits per heavy atom. The highest BCUT2D eigenvalue weighted by Crippen LogP contribution is 2.15. The van der Waals surface area contributed by atoms with Gasteiger partial charge >= 0.3 is 0 Å². The van der Waals surface area contributed by atoms with Gasteiger partial charge in [-0.2, -0.15) is 0 Å². The Morgan fingerprint density at radius 3 is 2.75 bits per heavy atom. The van der Waals surface area contributed by atoms with E-state index < -0.39 is 0 Å². The average molecular weight is 277 g/mol. The number of likely N-dealkylation sites (tertiary alicyclic amines) is 1. The fraction of sp³-hybridized carbons (Fsp3) is 0.733. The van der Waals surface area contributed by atoms with Crippen molar-refractivity contribution in [3.8, 4) is 0 Å². The van der Waals surface area contributed by atoms with Gasteiger partial charge in [0.15, 0.2) is 0 Å². The van der Waals surface area contributed by atoms with Crippen LogP contribution in [0.25, 0.3) is 0 Å². The lowest BCUT2D eigenvalue weighted by molar-refractivity contribution is 0.346. The van der Waals surface area contributed by atoms with E-state index in [1.54, 1.807) is 0 Å². The fourth-order valence-corrected chi connectivity index (χ4v) is 2.50. The van der Waals surface area contributed by atoms with E-state index in [2.05, 4.69) is 39.1 Å². The minimum atomic E-state index is 0.828. The summed E-state index contributed by atoms with van der Waals surface area (Å²) in [4.78, 5) is 13.7. The van der Waals surface area contributed by atoms with Crippen molar-refractivity contribution in [2.45, 2.75) is 33.1 Å². The van der Waals surface area contributed by atoms with Crippen molar-refractivity contribution in [1.82, 2.24) is 14.9 Å². The molecular weight excluding hydrogens is 250 g/mol. The maximum absolute atomic E-state index is 4.54. The van der Waals surface area contributed by atoms with Crippen molar-refractivity contribution in [3.63, 3.8) is 0 Å². The number of hydrogen-bond donors (Lipinski definition) is 1. The Labute approximate surface area is 122 Å². The van der Waals surface area contributed by atoms with Crippen LogP contribution in [-0.2, 0) is 0 Å². The van der Waals surface area contributed by atoms with Gasteiger partial charge in [-0.05, 0) is 39.3 Å². The first kappa shape index (κ1) is 15.0. The highest BCUT2D eigenvalue weighted by atomic mass is 15.2. The zero-order valence-electron chi connectivity index (χ0n) is 13.0. The number of anilines is 2. The third-order valence-corrected chi connectivity index (χ3v) is 3.72. The molecule has 0 amide bonds. The second-order valence-electron chi connectivity index (χ2n) is 5.56. The Bertz CT molecular complexity index is 415. The molecular formula is C15H27N5. The number of aromatic nitrogens is 2. The van der Waals surface area contributed by atoms with Gasteiger partial charge < -0.3 is 15.1 Å². The zero-order chi connectivity index (χ0) is 14.4. The predicted octanol–water partition coefficient (Wildman–Crippen LogP) is 2.14. The van der Waals surface area contributed by atoms with Gasteiger partial charge in [0.25, 0.3) is 0 Å². The van der Waals surface area contributed by atoms with Gasteiger partial charge in [-0.25, -0.2) is 9.97 Å². The van der Waals surface area contributed by atoms with Gasteiger partial charge in [0.2, 0.25) is 0 Å². The summed E-state index contributed by atoms with van der Waals surface area (Å²) in [5.41, 5.74) is 0. The summed E-state index contributed by atoms with van der Waals surface area (Å²) >= 11 is 0. The van der Waals surface area contributed by atoms with Crippen LogP contribution < -0.4 is 10.2 Å². The molecule has 1 N–H and O–H groups in total. The number of nitrogens with one attached hydrogen (secondary N) is 1. The summed E-state index contributed by atoms with van der Waals surface area (Å²) in [5, 5.41) is 3.34. The molecule has 1 aromatic rings. The summed E-state index contributed by atoms with van der Waals surface area (Å²) in [6, 6.07) is 2.05. The molecule has 1 saturated heterocycles. The first-order valence-corrected chi connectivity index (χ1v) is 7.72. The molecule has 0 atom stereocenters. The van der Waals surface area contributed by atoms with Crippen LogP contribution >= 0.6 is 0 Å². The van der Waals surface area contributed by atoms with Gasteiger partial charge in [-0.1, -0.05) is 6.92 Å². The minimum absolute atomic E-state index is 0.828. The number of aryl methyl sites for hydroxylation is 1. The molecule has 0 radical (unpaired) electrons. The largest absolute Gasteiger partial charge is 0.370 e. The molecule has 1 fully saturated rings. The number of nitrogens with zero attached hydrogens (tertiary/aromatic N) is 4. The van der Waals surface area contributed by atoms with Gasteiger partial charge in [-0.15, -0.1) is 0 Å². The Hall–Kier alpha value is -1.36. The summed E-state index contributed by atoms with van der Waals surface area (Å²) in [7, 11) is 2.11. The van der Waals surface area contributed by atoms with Gasteiger partial charge in [-0.3, -0.25) is 0 Å². The second-order valence-corrected chi connectivity index (χ2v) is 5.56. The highest BCUT2D eigenvalue weighted by molar-refractivity contribution is 5.48. The topological polar surface area (TPSA) is 44.3 Å². The molecule has 0 aliphatic carbocycles. The summed E-state index contributed by atoms with van der Waals surface area (Å²) in [6.07, 6.45) is 3.80. The molecule has 5 heteroatoms. The number of rotatable bonds is 7. The lowest BCUT2D eigenvalue weighted by Gasteiger charge is -2.23. The molecule has 0 unspecified atom stereocenters. The van der Waals surface area contributed by atoms with Crippen LogP contribution in [0.3, 0.4) is 0 Å². The van der Waals surface area contributed by atoms with E-state index in [1.807, 2.05) is 13.0 Å². The smallest absolute Gasteiger partial charge is 0.134 e. The summed E-state index contributed by atoms with van der Waals surface area (Å²) in [6.45, 7) is 9.70. The van der Waals surface area contributed by atoms with Crippen LogP contribution in [0, 0.1) is 6.92 Å². The standard InChI is InChI=1S/C15H27N5/c1-4-7-16-14-12-15(18-13(2)17-14)19(3)10-11-20-8-5-6-9-20/h12H,4-11H2,1-3H3,(H,16,17,18). The third-order valence-electron chi connectivity index (χ3n) is 3.72. The molecule has 5 nitrogen and oxygen atoms in total. The number of likely N-dealkylation sites (N-methyl/N-ethyl adjacent to an activating group) is 1. The average Bonchev–Trinajstić information content (AvgIpc) is 2.95. The van der Waals surface area contributed by atoms with Crippen LogP contribution in [0.15, 0.2) is 6.07 Å². The van der Waals surface area contributed by atoms with E-state index in [0.29, 0.717) is 0 Å². The molecule has 0 bridgehead atoms. The molecule has 0 saturated carbocycles. The maximum atomic E-state index is 4.54. The first-order chi connectivity index (χ1) is 9.69. The molecule has 2 heterocycles. The quantitative estimate of drug-likeness (QED) is 0.827. The van der Waals surface area contributed by atoms with Gasteiger partial charge in [0, 0.05) is 32.7 Å². The summed E-state index contributed by atoms with van der Waals surface area (Å²) < 4.78 is 0. The SMILES string of the molecule is CCCNc1cc(N(C)CCN2CCCC2)nc(C)n1. The van der Waals surface area contributed by atoms with Crippen molar-refractivity contribution in [2.24, 2.45) is 0 Å². The van der Waals surface area contributed by atoms with E-state index in [1.165, 1.54) is 25.9 Å². The van der Waals surface area contributed by atoms with Crippen LogP contribution in [0.2, 0.25) is 0 Å². The van der Waals surface area contributed by atoms with Crippen LogP contribution in [-0.4, -0.2) is 54.6 Å². The molecule has 20 heavy (non-hydrogen) atoms. The fourth-order valence-electron chi connectivity index (χ4n) is 2.50. The number of hydrogen-bond acceptors (Lipinski definition) is 5. The molecule has 1 aromatic heterocycles. The Morgan fingerprint density at radius 1 is 1.30 bits per heavy atom. The molecule has 1 aliphatic heterocycles. The van der Waals surface area contributed by atoms with Gasteiger partial charge in [0.05, 0.1) is 0 Å². The Balaban J connectivity index is 1.93. The molecule has 2 rings (SSSR count). The van der Waals surface area contributed by atoms with E-state index in [0.717, 1.165) is 43.5 Å². The van der Waals surface area contributed by atoms with Crippen LogP contribution in [0.5, 0.6) is 0 Å². The summed E-state index contributed by atoms with van der Waals surface area (Å²) in [5.74, 6) is 2.77. The molecule has 0 aromatic carbocycles. The predicted molar refractivity (Wildman–Crippen MR) is 84.5 cm³/mol. The van der Waals surface area contributed by atoms with Crippen molar-refractivity contribution in [2.75, 3.05) is 50.0 Å². The normalized spacial score (nSPS) is 15.6. The second kappa shape index (κ2) is 7.43. The van der Waals surface area contributed by atoms with Crippen LogP contribution in [0.1, 0.15) is 32.0 Å². The minimum Gasteiger partial charge on any atom is -0.370 e.